The molecule has 3 rings (SSSR count). The van der Waals surface area contributed by atoms with E-state index in [0.29, 0.717) is 37.6 Å². The van der Waals surface area contributed by atoms with Crippen LogP contribution in [0.3, 0.4) is 0 Å². The maximum absolute atomic E-state index is 13.8. The van der Waals surface area contributed by atoms with Crippen LogP contribution < -0.4 is 10.6 Å². The molecule has 0 saturated carbocycles. The number of likely N-dealkylation sites (tertiary alicyclic amines) is 1. The van der Waals surface area contributed by atoms with E-state index < -0.39 is 0 Å². The lowest BCUT2D eigenvalue weighted by molar-refractivity contribution is -0.128. The van der Waals surface area contributed by atoms with E-state index >= 15 is 0 Å². The molecule has 1 aliphatic heterocycles. The number of rotatable bonds is 7. The van der Waals surface area contributed by atoms with Gasteiger partial charge in [-0.25, -0.2) is 9.38 Å². The minimum atomic E-state index is -0.227. The van der Waals surface area contributed by atoms with E-state index in [1.54, 1.807) is 12.1 Å². The molecular weight excluding hydrogens is 482 g/mol. The summed E-state index contributed by atoms with van der Waals surface area (Å²) in [6, 6.07) is 14.9. The number of hydrogen-bond donors (Lipinski definition) is 2. The first kappa shape index (κ1) is 23.1. The van der Waals surface area contributed by atoms with E-state index in [9.17, 15) is 9.18 Å². The Bertz CT molecular complexity index is 843. The van der Waals surface area contributed by atoms with Crippen molar-refractivity contribution < 1.29 is 9.18 Å². The molecular formula is C22H28FIN4O. The van der Waals surface area contributed by atoms with Crippen molar-refractivity contribution in [2.24, 2.45) is 4.99 Å². The fourth-order valence-electron chi connectivity index (χ4n) is 3.25. The molecule has 29 heavy (non-hydrogen) atoms. The monoisotopic (exact) mass is 510 g/mol. The summed E-state index contributed by atoms with van der Waals surface area (Å²) in [4.78, 5) is 18.3. The SMILES string of the molecule is CCNC(=NCc1cccc(CN2CCCC2=O)c1)NCc1ccccc1F.I. The van der Waals surface area contributed by atoms with Gasteiger partial charge in [-0.1, -0.05) is 42.5 Å². The number of carbonyl (C=O) groups is 1. The van der Waals surface area contributed by atoms with Crippen LogP contribution >= 0.6 is 24.0 Å². The number of nitrogens with zero attached hydrogens (tertiary/aromatic N) is 2. The summed E-state index contributed by atoms with van der Waals surface area (Å²) in [6.45, 7) is 5.09. The van der Waals surface area contributed by atoms with Gasteiger partial charge in [-0.2, -0.15) is 0 Å². The summed E-state index contributed by atoms with van der Waals surface area (Å²) in [5.74, 6) is 0.649. The second-order valence-corrected chi connectivity index (χ2v) is 6.88. The third-order valence-electron chi connectivity index (χ3n) is 4.70. The molecule has 1 aliphatic rings. The lowest BCUT2D eigenvalue weighted by Crippen LogP contribution is -2.37. The van der Waals surface area contributed by atoms with Crippen LogP contribution in [0.15, 0.2) is 53.5 Å². The van der Waals surface area contributed by atoms with Crippen LogP contribution in [0, 0.1) is 5.82 Å². The van der Waals surface area contributed by atoms with Crippen molar-refractivity contribution in [3.8, 4) is 0 Å². The third kappa shape index (κ3) is 6.99. The number of guanidine groups is 1. The molecule has 1 heterocycles. The lowest BCUT2D eigenvalue weighted by atomic mass is 10.1. The van der Waals surface area contributed by atoms with Gasteiger partial charge in [0.1, 0.15) is 5.82 Å². The highest BCUT2D eigenvalue weighted by molar-refractivity contribution is 14.0. The third-order valence-corrected chi connectivity index (χ3v) is 4.70. The normalized spacial score (nSPS) is 13.9. The summed E-state index contributed by atoms with van der Waals surface area (Å²) in [6.07, 6.45) is 1.60. The van der Waals surface area contributed by atoms with E-state index in [0.717, 1.165) is 30.6 Å². The van der Waals surface area contributed by atoms with Gasteiger partial charge in [0.05, 0.1) is 6.54 Å². The molecule has 1 fully saturated rings. The van der Waals surface area contributed by atoms with Crippen molar-refractivity contribution in [1.82, 2.24) is 15.5 Å². The van der Waals surface area contributed by atoms with Crippen LogP contribution in [0.1, 0.15) is 36.5 Å². The number of amides is 1. The van der Waals surface area contributed by atoms with Gasteiger partial charge in [0.15, 0.2) is 5.96 Å². The zero-order valence-corrected chi connectivity index (χ0v) is 19.0. The van der Waals surface area contributed by atoms with E-state index in [2.05, 4.69) is 21.7 Å². The van der Waals surface area contributed by atoms with Gasteiger partial charge < -0.3 is 15.5 Å². The summed E-state index contributed by atoms with van der Waals surface area (Å²) < 4.78 is 13.8. The van der Waals surface area contributed by atoms with Crippen LogP contribution in [-0.2, 0) is 24.4 Å². The molecule has 0 radical (unpaired) electrons. The van der Waals surface area contributed by atoms with Gasteiger partial charge in [-0.05, 0) is 30.5 Å². The molecule has 0 atom stereocenters. The van der Waals surface area contributed by atoms with Gasteiger partial charge in [-0.15, -0.1) is 24.0 Å². The number of benzene rings is 2. The molecule has 2 aromatic carbocycles. The first-order chi connectivity index (χ1) is 13.7. The van der Waals surface area contributed by atoms with Crippen LogP contribution in [0.5, 0.6) is 0 Å². The molecule has 1 amide bonds. The maximum atomic E-state index is 13.8. The standard InChI is InChI=1S/C22H27FN4O.HI/c1-2-24-22(26-15-19-9-3-4-10-20(19)23)25-14-17-7-5-8-18(13-17)16-27-12-6-11-21(27)28;/h3-5,7-10,13H,2,6,11-12,14-16H2,1H3,(H2,24,25,26);1H. The van der Waals surface area contributed by atoms with Crippen molar-refractivity contribution >= 4 is 35.8 Å². The van der Waals surface area contributed by atoms with Gasteiger partial charge in [0.25, 0.3) is 0 Å². The summed E-state index contributed by atoms with van der Waals surface area (Å²) in [5.41, 5.74) is 2.80. The van der Waals surface area contributed by atoms with Gasteiger partial charge in [-0.3, -0.25) is 4.79 Å². The van der Waals surface area contributed by atoms with Crippen LogP contribution in [0.4, 0.5) is 4.39 Å². The molecule has 156 valence electrons. The first-order valence-electron chi connectivity index (χ1n) is 9.77. The Hall–Kier alpha value is -2.16. The molecule has 0 bridgehead atoms. The van der Waals surface area contributed by atoms with Gasteiger partial charge in [0.2, 0.25) is 5.91 Å². The zero-order chi connectivity index (χ0) is 19.8. The minimum absolute atomic E-state index is 0. The highest BCUT2D eigenvalue weighted by Crippen LogP contribution is 2.15. The number of halogens is 2. The molecule has 0 aromatic heterocycles. The smallest absolute Gasteiger partial charge is 0.222 e. The Balaban J connectivity index is 0.00000300. The minimum Gasteiger partial charge on any atom is -0.357 e. The Kier molecular flexibility index (Phi) is 9.37. The molecule has 2 N–H and O–H groups in total. The van der Waals surface area contributed by atoms with E-state index in [1.165, 1.54) is 6.07 Å². The Morgan fingerprint density at radius 3 is 2.66 bits per heavy atom. The zero-order valence-electron chi connectivity index (χ0n) is 16.7. The average Bonchev–Trinajstić information content (AvgIpc) is 3.10. The van der Waals surface area contributed by atoms with Crippen molar-refractivity contribution in [2.45, 2.75) is 39.4 Å². The Morgan fingerprint density at radius 2 is 1.93 bits per heavy atom. The molecule has 1 saturated heterocycles. The number of carbonyl (C=O) groups excluding carboxylic acids is 1. The fourth-order valence-corrected chi connectivity index (χ4v) is 3.25. The second-order valence-electron chi connectivity index (χ2n) is 6.88. The molecule has 7 heteroatoms. The lowest BCUT2D eigenvalue weighted by Gasteiger charge is -2.16. The van der Waals surface area contributed by atoms with E-state index in [-0.39, 0.29) is 35.7 Å². The van der Waals surface area contributed by atoms with Gasteiger partial charge in [0, 0.05) is 38.2 Å². The van der Waals surface area contributed by atoms with Crippen molar-refractivity contribution in [3.63, 3.8) is 0 Å². The van der Waals surface area contributed by atoms with Crippen LogP contribution in [0.2, 0.25) is 0 Å². The van der Waals surface area contributed by atoms with Crippen LogP contribution in [0.25, 0.3) is 0 Å². The molecule has 0 spiro atoms. The van der Waals surface area contributed by atoms with Gasteiger partial charge >= 0.3 is 0 Å². The summed E-state index contributed by atoms with van der Waals surface area (Å²) in [7, 11) is 0. The Morgan fingerprint density at radius 1 is 1.14 bits per heavy atom. The maximum Gasteiger partial charge on any atom is 0.222 e. The second kappa shape index (κ2) is 11.7. The quantitative estimate of drug-likeness (QED) is 0.339. The van der Waals surface area contributed by atoms with Crippen molar-refractivity contribution in [1.29, 1.82) is 0 Å². The molecule has 2 aromatic rings. The predicted molar refractivity (Wildman–Crippen MR) is 125 cm³/mol. The highest BCUT2D eigenvalue weighted by atomic mass is 127. The summed E-state index contributed by atoms with van der Waals surface area (Å²) in [5, 5.41) is 6.36. The van der Waals surface area contributed by atoms with Crippen LogP contribution in [-0.4, -0.2) is 29.9 Å². The van der Waals surface area contributed by atoms with E-state index in [4.69, 9.17) is 0 Å². The Labute approximate surface area is 188 Å². The average molecular weight is 510 g/mol. The largest absolute Gasteiger partial charge is 0.357 e. The fraction of sp³-hybridized carbons (Fsp3) is 0.364. The number of aliphatic imine (C=N–C) groups is 1. The number of hydrogen-bond acceptors (Lipinski definition) is 2. The predicted octanol–water partition coefficient (Wildman–Crippen LogP) is 3.82. The first-order valence-corrected chi connectivity index (χ1v) is 9.77. The molecule has 5 nitrogen and oxygen atoms in total. The molecule has 0 unspecified atom stereocenters. The van der Waals surface area contributed by atoms with Crippen molar-refractivity contribution in [2.75, 3.05) is 13.1 Å². The van der Waals surface area contributed by atoms with E-state index in [1.807, 2.05) is 36.1 Å². The highest BCUT2D eigenvalue weighted by Gasteiger charge is 2.19. The van der Waals surface area contributed by atoms with Crippen molar-refractivity contribution in [3.05, 3.63) is 71.0 Å². The topological polar surface area (TPSA) is 56.7 Å². The summed E-state index contributed by atoms with van der Waals surface area (Å²) >= 11 is 0. The number of nitrogens with one attached hydrogen (secondary N) is 2. The molecule has 0 aliphatic carbocycles.